The van der Waals surface area contributed by atoms with Gasteiger partial charge in [-0.2, -0.15) is 0 Å². The highest BCUT2D eigenvalue weighted by molar-refractivity contribution is 6.21. The zero-order valence-corrected chi connectivity index (χ0v) is 61.8. The van der Waals surface area contributed by atoms with Gasteiger partial charge in [-0.3, -0.25) is 28.8 Å². The van der Waals surface area contributed by atoms with E-state index >= 15 is 9.59 Å². The lowest BCUT2D eigenvalue weighted by atomic mass is 9.77. The van der Waals surface area contributed by atoms with Crippen LogP contribution in [0.3, 0.4) is 0 Å². The van der Waals surface area contributed by atoms with Crippen molar-refractivity contribution in [3.8, 4) is 23.0 Å². The number of allylic oxidation sites excluding steroid dienone is 8. The first kappa shape index (κ1) is 70.8. The molecule has 2 aliphatic heterocycles. The third-order valence-corrected chi connectivity index (χ3v) is 20.1. The Hall–Kier alpha value is -8.50. The van der Waals surface area contributed by atoms with Gasteiger partial charge in [0.1, 0.15) is 49.4 Å². The summed E-state index contributed by atoms with van der Waals surface area (Å²) < 4.78 is 29.0. The summed E-state index contributed by atoms with van der Waals surface area (Å²) in [6.45, 7) is 42.4. The average Bonchev–Trinajstić information content (AvgIpc) is 1.10. The van der Waals surface area contributed by atoms with Crippen LogP contribution in [0.15, 0.2) is 119 Å². The predicted octanol–water partition coefficient (Wildman–Crippen LogP) is 17.7. The van der Waals surface area contributed by atoms with E-state index in [1.807, 2.05) is 24.3 Å². The molecular formula is C88H100O10. The van der Waals surface area contributed by atoms with Crippen molar-refractivity contribution in [3.05, 3.63) is 231 Å². The summed E-state index contributed by atoms with van der Waals surface area (Å²) in [5.74, 6) is 0.797. The lowest BCUT2D eigenvalue weighted by molar-refractivity contribution is -0.115. The average molecular weight is 1320 g/mol. The summed E-state index contributed by atoms with van der Waals surface area (Å²) in [7, 11) is 0. The number of hydrogen-bond acceptors (Lipinski definition) is 10. The Kier molecular flexibility index (Phi) is 18.8. The molecule has 0 spiro atoms. The molecule has 6 aromatic rings. The fourth-order valence-electron chi connectivity index (χ4n) is 14.6. The molecular weight excluding hydrogens is 1220 g/mol. The molecule has 6 aliphatic rings. The van der Waals surface area contributed by atoms with Gasteiger partial charge in [0, 0.05) is 84.8 Å². The third-order valence-electron chi connectivity index (χ3n) is 20.1. The summed E-state index contributed by atoms with van der Waals surface area (Å²) >= 11 is 0. The van der Waals surface area contributed by atoms with Crippen LogP contribution in [0.1, 0.15) is 259 Å². The fraction of sp³-hybridized carbons (Fsp3) is 0.432. The molecule has 0 saturated heterocycles. The number of ether oxygens (including phenoxy) is 4. The highest BCUT2D eigenvalue weighted by atomic mass is 16.5. The van der Waals surface area contributed by atoms with Crippen molar-refractivity contribution in [2.24, 2.45) is 0 Å². The summed E-state index contributed by atoms with van der Waals surface area (Å²) in [6, 6.07) is 25.9. The number of ketones is 6. The van der Waals surface area contributed by atoms with Crippen molar-refractivity contribution in [3.63, 3.8) is 0 Å². The van der Waals surface area contributed by atoms with Crippen LogP contribution in [0, 0.1) is 0 Å². The standard InChI is InChI=1S/C88H100O10/c1-49(89)75-51-25-59-37-69(85(9,10)11)39-61-27-53-35-68(84(6,7)8)36-54(76(53)50(2)90)28-62-40-70(86(12,13)14)38-60(26-52(75)34-67(33-51)83(3,4)5)80(62)96-22-24-98-82-65-31-57-47-73(91)45-55(77(57)93)29-63-41-71(87(15,16)17)42-64(81(63)97-23-21-95-79(59)61)30-56-46-74(92)48-58(78(56)94)32-66(82)44-72(43-65)88(18,19)20/h33-48H,21-32H2,1-20H3. The maximum atomic E-state index is 15.4. The SMILES string of the molecule is CC(=O)c1c2cc(C(C)(C)C)cc1Cc1cc(C(C)(C)C)cc3c1OCCOc1c4cc(C(C)(C)C)cc1CC1=CC(=O)C=C(Cc5cc(C(C)(C)C)cc(c5OCCOc5c(cc(C(C)(C)C)cc5Cc5cc(C(C)(C)C)cc(c5C(C)=O)C3)C2)CC2=CC(=O)C=C(C4)C2=O)C1=O. The van der Waals surface area contributed by atoms with Gasteiger partial charge in [-0.15, -0.1) is 0 Å². The van der Waals surface area contributed by atoms with Crippen molar-refractivity contribution in [2.45, 2.75) is 222 Å². The van der Waals surface area contributed by atoms with E-state index in [4.69, 9.17) is 18.9 Å². The molecule has 0 saturated carbocycles. The van der Waals surface area contributed by atoms with Crippen molar-refractivity contribution in [2.75, 3.05) is 26.4 Å². The van der Waals surface area contributed by atoms with Gasteiger partial charge in [-0.1, -0.05) is 197 Å². The van der Waals surface area contributed by atoms with Crippen LogP contribution in [0.4, 0.5) is 0 Å². The molecule has 0 radical (unpaired) electrons. The summed E-state index contributed by atoms with van der Waals surface area (Å²) in [6.07, 6.45) is 7.08. The first-order valence-corrected chi connectivity index (χ1v) is 35.1. The lowest BCUT2D eigenvalue weighted by Gasteiger charge is -2.29. The molecule has 0 amide bonds. The Morgan fingerprint density at radius 3 is 0.592 bits per heavy atom. The Labute approximate surface area is 581 Å². The number of carbonyl (C=O) groups is 6. The van der Waals surface area contributed by atoms with Gasteiger partial charge in [0.2, 0.25) is 0 Å². The van der Waals surface area contributed by atoms with Crippen molar-refractivity contribution in [1.29, 1.82) is 0 Å². The Balaban J connectivity index is 1.25. The molecule has 10 nitrogen and oxygen atoms in total. The number of rotatable bonds is 2. The Morgan fingerprint density at radius 2 is 0.429 bits per heavy atom. The van der Waals surface area contributed by atoms with E-state index in [0.29, 0.717) is 104 Å². The topological polar surface area (TPSA) is 139 Å². The highest BCUT2D eigenvalue weighted by Crippen LogP contribution is 2.45. The molecule has 512 valence electrons. The number of benzene rings is 6. The van der Waals surface area contributed by atoms with Gasteiger partial charge < -0.3 is 18.9 Å². The minimum absolute atomic E-state index is 0.0140. The van der Waals surface area contributed by atoms with E-state index in [1.165, 1.54) is 24.3 Å². The molecule has 0 atom stereocenters. The molecule has 12 rings (SSSR count). The second-order valence-electron chi connectivity index (χ2n) is 34.4. The van der Waals surface area contributed by atoms with Crippen LogP contribution in [-0.2, 0) is 103 Å². The van der Waals surface area contributed by atoms with E-state index in [-0.39, 0.29) is 108 Å². The summed E-state index contributed by atoms with van der Waals surface area (Å²) in [5.41, 5.74) is 15.7. The van der Waals surface area contributed by atoms with Gasteiger partial charge in [0.05, 0.1) is 0 Å². The summed E-state index contributed by atoms with van der Waals surface area (Å²) in [4.78, 5) is 89.2. The Morgan fingerprint density at radius 1 is 0.265 bits per heavy atom. The first-order chi connectivity index (χ1) is 45.6. The van der Waals surface area contributed by atoms with E-state index in [9.17, 15) is 19.2 Å². The van der Waals surface area contributed by atoms with E-state index < -0.39 is 10.8 Å². The fourth-order valence-corrected chi connectivity index (χ4v) is 14.6. The van der Waals surface area contributed by atoms with Crippen LogP contribution in [0.2, 0.25) is 0 Å². The maximum absolute atomic E-state index is 15.4. The van der Waals surface area contributed by atoms with Gasteiger partial charge >= 0.3 is 0 Å². The molecule has 20 bridgehead atoms. The van der Waals surface area contributed by atoms with E-state index in [0.717, 1.165) is 77.9 Å². The second kappa shape index (κ2) is 26.0. The molecule has 6 aromatic carbocycles. The minimum atomic E-state index is -0.436. The first-order valence-electron chi connectivity index (χ1n) is 35.1. The third kappa shape index (κ3) is 14.9. The van der Waals surface area contributed by atoms with Crippen LogP contribution >= 0.6 is 0 Å². The quantitative estimate of drug-likeness (QED) is 0.121. The summed E-state index contributed by atoms with van der Waals surface area (Å²) in [5, 5.41) is 0. The number of carbonyl (C=O) groups excluding carboxylic acids is 6. The van der Waals surface area contributed by atoms with Gasteiger partial charge in [-0.25, -0.2) is 0 Å². The minimum Gasteiger partial charge on any atom is -0.489 e. The Bertz CT molecular complexity index is 4020. The lowest BCUT2D eigenvalue weighted by Crippen LogP contribution is -2.23. The smallest absolute Gasteiger partial charge is 0.185 e. The van der Waals surface area contributed by atoms with Crippen LogP contribution in [0.25, 0.3) is 0 Å². The number of hydrogen-bond donors (Lipinski definition) is 0. The second-order valence-corrected chi connectivity index (χ2v) is 34.4. The van der Waals surface area contributed by atoms with E-state index in [2.05, 4.69) is 173 Å². The van der Waals surface area contributed by atoms with Gasteiger partial charge in [0.25, 0.3) is 0 Å². The molecule has 2 heterocycles. The normalized spacial score (nSPS) is 16.6. The largest absolute Gasteiger partial charge is 0.489 e. The monoisotopic (exact) mass is 1320 g/mol. The van der Waals surface area contributed by atoms with Crippen LogP contribution in [-0.4, -0.2) is 61.1 Å². The van der Waals surface area contributed by atoms with Crippen molar-refractivity contribution >= 4 is 34.7 Å². The van der Waals surface area contributed by atoms with Crippen molar-refractivity contribution < 1.29 is 47.7 Å². The highest BCUT2D eigenvalue weighted by Gasteiger charge is 2.35. The van der Waals surface area contributed by atoms with Crippen LogP contribution in [0.5, 0.6) is 23.0 Å². The number of fused-ring (bicyclic) bond motifs is 8. The molecule has 98 heavy (non-hydrogen) atoms. The predicted molar refractivity (Wildman–Crippen MR) is 391 cm³/mol. The molecule has 0 N–H and O–H groups in total. The molecule has 0 aromatic heterocycles. The zero-order chi connectivity index (χ0) is 71.3. The molecule has 10 heteroatoms. The van der Waals surface area contributed by atoms with Crippen molar-refractivity contribution in [1.82, 2.24) is 0 Å². The molecule has 0 unspecified atom stereocenters. The molecule has 0 fully saturated rings. The van der Waals surface area contributed by atoms with Gasteiger partial charge in [-0.05, 0) is 171 Å². The van der Waals surface area contributed by atoms with Gasteiger partial charge in [0.15, 0.2) is 34.7 Å². The number of Topliss-reactive ketones (excluding diaryl/α,β-unsaturated/α-hetero) is 4. The van der Waals surface area contributed by atoms with E-state index in [1.54, 1.807) is 13.8 Å². The zero-order valence-electron chi connectivity index (χ0n) is 61.8. The van der Waals surface area contributed by atoms with Crippen LogP contribution < -0.4 is 18.9 Å². The molecule has 4 aliphatic carbocycles. The maximum Gasteiger partial charge on any atom is 0.185 e.